The predicted molar refractivity (Wildman–Crippen MR) is 38.9 cm³/mol. The van der Waals surface area contributed by atoms with E-state index in [1.165, 1.54) is 0 Å². The Labute approximate surface area is 85.1 Å². The van der Waals surface area contributed by atoms with E-state index < -0.39 is 35.4 Å². The van der Waals surface area contributed by atoms with Gasteiger partial charge in [0.05, 0.1) is 5.56 Å². The van der Waals surface area contributed by atoms with Gasteiger partial charge in [-0.2, -0.15) is 22.8 Å². The second-order valence-corrected chi connectivity index (χ2v) is 2.67. The lowest BCUT2D eigenvalue weighted by molar-refractivity contribution is -0.143. The van der Waals surface area contributed by atoms with E-state index in [4.69, 9.17) is 5.26 Å². The van der Waals surface area contributed by atoms with Crippen molar-refractivity contribution >= 4 is 0 Å². The molecule has 1 heterocycles. The molecule has 0 amide bonds. The summed E-state index contributed by atoms with van der Waals surface area (Å²) in [4.78, 5) is 2.34. The SMILES string of the molecule is N#Cc1cc(C(F)F)c(C(F)(F)F)nc1F. The van der Waals surface area contributed by atoms with Crippen molar-refractivity contribution in [2.24, 2.45) is 0 Å². The van der Waals surface area contributed by atoms with Crippen LogP contribution in [0.1, 0.15) is 23.2 Å². The molecule has 0 saturated carbocycles. The van der Waals surface area contributed by atoms with Crippen LogP contribution in [0, 0.1) is 17.3 Å². The molecule has 0 radical (unpaired) electrons. The molecule has 8 heteroatoms. The Morgan fingerprint density at radius 2 is 1.88 bits per heavy atom. The topological polar surface area (TPSA) is 36.7 Å². The van der Waals surface area contributed by atoms with Crippen molar-refractivity contribution in [2.75, 3.05) is 0 Å². The largest absolute Gasteiger partial charge is 0.433 e. The highest BCUT2D eigenvalue weighted by molar-refractivity contribution is 5.35. The quantitative estimate of drug-likeness (QED) is 0.558. The second-order valence-electron chi connectivity index (χ2n) is 2.67. The number of nitrogens with zero attached hydrogens (tertiary/aromatic N) is 2. The fourth-order valence-electron chi connectivity index (χ4n) is 0.978. The van der Waals surface area contributed by atoms with Crippen LogP contribution in [-0.2, 0) is 6.18 Å². The van der Waals surface area contributed by atoms with Gasteiger partial charge in [-0.15, -0.1) is 0 Å². The Kier molecular flexibility index (Phi) is 3.07. The molecule has 2 nitrogen and oxygen atoms in total. The van der Waals surface area contributed by atoms with Gasteiger partial charge in [0.1, 0.15) is 11.6 Å². The van der Waals surface area contributed by atoms with E-state index in [-0.39, 0.29) is 6.07 Å². The van der Waals surface area contributed by atoms with Crippen LogP contribution in [0.4, 0.5) is 26.3 Å². The molecule has 0 N–H and O–H groups in total. The molecular formula is C8H2F6N2. The third-order valence-corrected chi connectivity index (χ3v) is 1.63. The first-order valence-electron chi connectivity index (χ1n) is 3.73. The monoisotopic (exact) mass is 240 g/mol. The molecule has 86 valence electrons. The summed E-state index contributed by atoms with van der Waals surface area (Å²) in [7, 11) is 0. The number of alkyl halides is 5. The maximum absolute atomic E-state index is 12.7. The second kappa shape index (κ2) is 4.00. The fraction of sp³-hybridized carbons (Fsp3) is 0.250. The standard InChI is InChI=1S/C8H2F6N2/c9-6(10)4-1-3(2-15)7(11)16-5(4)8(12,13)14/h1,6H. The number of hydrogen-bond acceptors (Lipinski definition) is 2. The number of halogens is 6. The van der Waals surface area contributed by atoms with E-state index in [1.54, 1.807) is 0 Å². The van der Waals surface area contributed by atoms with Crippen molar-refractivity contribution in [2.45, 2.75) is 12.6 Å². The lowest BCUT2D eigenvalue weighted by Crippen LogP contribution is -2.14. The predicted octanol–water partition coefficient (Wildman–Crippen LogP) is 3.05. The van der Waals surface area contributed by atoms with Gasteiger partial charge in [-0.05, 0) is 6.07 Å². The van der Waals surface area contributed by atoms with Crippen LogP contribution < -0.4 is 0 Å². The molecule has 0 spiro atoms. The van der Waals surface area contributed by atoms with Gasteiger partial charge in [-0.1, -0.05) is 0 Å². The third-order valence-electron chi connectivity index (χ3n) is 1.63. The Morgan fingerprint density at radius 1 is 1.31 bits per heavy atom. The van der Waals surface area contributed by atoms with Gasteiger partial charge in [0.15, 0.2) is 5.69 Å². The van der Waals surface area contributed by atoms with Gasteiger partial charge in [0.2, 0.25) is 5.95 Å². The normalized spacial score (nSPS) is 11.6. The zero-order chi connectivity index (χ0) is 12.5. The molecule has 0 saturated heterocycles. The molecule has 0 unspecified atom stereocenters. The van der Waals surface area contributed by atoms with E-state index in [2.05, 4.69) is 4.98 Å². The molecule has 1 aromatic rings. The van der Waals surface area contributed by atoms with Crippen molar-refractivity contribution < 1.29 is 26.3 Å². The number of aromatic nitrogens is 1. The van der Waals surface area contributed by atoms with Crippen molar-refractivity contribution in [3.8, 4) is 6.07 Å². The summed E-state index contributed by atoms with van der Waals surface area (Å²) in [6.07, 6.45) is -8.68. The molecule has 0 aliphatic heterocycles. The van der Waals surface area contributed by atoms with Gasteiger partial charge in [0, 0.05) is 0 Å². The first-order valence-corrected chi connectivity index (χ1v) is 3.73. The molecule has 0 bridgehead atoms. The highest BCUT2D eigenvalue weighted by Gasteiger charge is 2.38. The molecule has 0 aliphatic carbocycles. The van der Waals surface area contributed by atoms with Crippen LogP contribution in [0.15, 0.2) is 6.07 Å². The Hall–Kier alpha value is -1.78. The van der Waals surface area contributed by atoms with Crippen LogP contribution in [0.3, 0.4) is 0 Å². The smallest absolute Gasteiger partial charge is 0.214 e. The summed E-state index contributed by atoms with van der Waals surface area (Å²) in [6, 6.07) is 1.28. The number of hydrogen-bond donors (Lipinski definition) is 0. The van der Waals surface area contributed by atoms with E-state index in [1.807, 2.05) is 0 Å². The maximum atomic E-state index is 12.7. The van der Waals surface area contributed by atoms with Gasteiger partial charge >= 0.3 is 6.18 Å². The summed E-state index contributed by atoms with van der Waals surface area (Å²) in [5.74, 6) is -1.72. The minimum absolute atomic E-state index is 0.149. The van der Waals surface area contributed by atoms with E-state index >= 15 is 0 Å². The Bertz CT molecular complexity index is 445. The van der Waals surface area contributed by atoms with Crippen LogP contribution in [0.25, 0.3) is 0 Å². The first kappa shape index (κ1) is 12.3. The number of rotatable bonds is 1. The van der Waals surface area contributed by atoms with Gasteiger partial charge in [-0.25, -0.2) is 13.8 Å². The summed E-state index contributed by atoms with van der Waals surface area (Å²) >= 11 is 0. The Balaban J connectivity index is 3.50. The van der Waals surface area contributed by atoms with E-state index in [9.17, 15) is 26.3 Å². The fourth-order valence-corrected chi connectivity index (χ4v) is 0.978. The van der Waals surface area contributed by atoms with Crippen LogP contribution in [0.2, 0.25) is 0 Å². The van der Waals surface area contributed by atoms with Gasteiger partial charge in [0.25, 0.3) is 6.43 Å². The minimum atomic E-state index is -5.19. The average Bonchev–Trinajstić information content (AvgIpc) is 2.15. The number of pyridine rings is 1. The molecule has 0 aliphatic rings. The molecule has 0 fully saturated rings. The molecule has 0 aromatic carbocycles. The first-order chi connectivity index (χ1) is 7.27. The molecule has 16 heavy (non-hydrogen) atoms. The van der Waals surface area contributed by atoms with Gasteiger partial charge in [-0.3, -0.25) is 0 Å². The third kappa shape index (κ3) is 2.24. The molecule has 1 rings (SSSR count). The Morgan fingerprint density at radius 3 is 2.25 bits per heavy atom. The summed E-state index contributed by atoms with van der Waals surface area (Å²) in [5, 5.41) is 8.26. The van der Waals surface area contributed by atoms with Crippen molar-refractivity contribution in [1.29, 1.82) is 5.26 Å². The zero-order valence-electron chi connectivity index (χ0n) is 7.32. The van der Waals surface area contributed by atoms with Crippen molar-refractivity contribution in [3.63, 3.8) is 0 Å². The highest BCUT2D eigenvalue weighted by atomic mass is 19.4. The minimum Gasteiger partial charge on any atom is -0.214 e. The van der Waals surface area contributed by atoms with Crippen molar-refractivity contribution in [1.82, 2.24) is 4.98 Å². The van der Waals surface area contributed by atoms with Gasteiger partial charge < -0.3 is 0 Å². The van der Waals surface area contributed by atoms with Crippen LogP contribution in [0.5, 0.6) is 0 Å². The zero-order valence-corrected chi connectivity index (χ0v) is 7.32. The summed E-state index contributed by atoms with van der Waals surface area (Å²) in [5.41, 5.74) is -4.48. The molecule has 1 aromatic heterocycles. The van der Waals surface area contributed by atoms with Crippen LogP contribution >= 0.6 is 0 Å². The lowest BCUT2D eigenvalue weighted by atomic mass is 10.1. The summed E-state index contributed by atoms with van der Waals surface area (Å²) < 4.78 is 73.8. The van der Waals surface area contributed by atoms with Crippen LogP contribution in [-0.4, -0.2) is 4.98 Å². The average molecular weight is 240 g/mol. The summed E-state index contributed by atoms with van der Waals surface area (Å²) in [6.45, 7) is 0. The lowest BCUT2D eigenvalue weighted by Gasteiger charge is -2.11. The molecular weight excluding hydrogens is 238 g/mol. The highest BCUT2D eigenvalue weighted by Crippen LogP contribution is 2.35. The van der Waals surface area contributed by atoms with Crippen molar-refractivity contribution in [3.05, 3.63) is 28.8 Å². The maximum Gasteiger partial charge on any atom is 0.433 e. The van der Waals surface area contributed by atoms with E-state index in [0.717, 1.165) is 6.07 Å². The number of nitriles is 1. The molecule has 0 atom stereocenters. The van der Waals surface area contributed by atoms with E-state index in [0.29, 0.717) is 0 Å².